The van der Waals surface area contributed by atoms with Gasteiger partial charge in [0.2, 0.25) is 0 Å². The molecule has 0 aliphatic heterocycles. The van der Waals surface area contributed by atoms with Crippen LogP contribution in [0.5, 0.6) is 5.75 Å². The van der Waals surface area contributed by atoms with E-state index >= 15 is 0 Å². The molecule has 0 spiro atoms. The van der Waals surface area contributed by atoms with Crippen LogP contribution in [0.1, 0.15) is 31.1 Å². The normalized spacial score (nSPS) is 13.9. The third-order valence-corrected chi connectivity index (χ3v) is 2.71. The van der Waals surface area contributed by atoms with Gasteiger partial charge in [-0.2, -0.15) is 0 Å². The van der Waals surface area contributed by atoms with Crippen molar-refractivity contribution in [3.05, 3.63) is 23.8 Å². The van der Waals surface area contributed by atoms with E-state index in [4.69, 9.17) is 10.5 Å². The molecule has 0 radical (unpaired) electrons. The molecule has 2 unspecified atom stereocenters. The molecule has 5 nitrogen and oxygen atoms in total. The van der Waals surface area contributed by atoms with Crippen LogP contribution in [0, 0.1) is 0 Å². The Morgan fingerprint density at radius 3 is 2.68 bits per heavy atom. The zero-order valence-electron chi connectivity index (χ0n) is 11.6. The lowest BCUT2D eigenvalue weighted by Crippen LogP contribution is -2.38. The van der Waals surface area contributed by atoms with Crippen LogP contribution >= 0.6 is 0 Å². The highest BCUT2D eigenvalue weighted by atomic mass is 16.5. The van der Waals surface area contributed by atoms with Gasteiger partial charge in [-0.1, -0.05) is 0 Å². The van der Waals surface area contributed by atoms with Crippen molar-refractivity contribution in [3.63, 3.8) is 0 Å². The Hall–Kier alpha value is -1.59. The summed E-state index contributed by atoms with van der Waals surface area (Å²) in [7, 11) is 0. The van der Waals surface area contributed by atoms with Crippen LogP contribution in [-0.2, 0) is 0 Å². The van der Waals surface area contributed by atoms with Crippen LogP contribution in [-0.4, -0.2) is 36.2 Å². The van der Waals surface area contributed by atoms with Crippen molar-refractivity contribution in [3.8, 4) is 5.75 Å². The molecule has 0 aromatic heterocycles. The number of carbonyl (C=O) groups is 1. The van der Waals surface area contributed by atoms with Crippen molar-refractivity contribution >= 4 is 11.5 Å². The van der Waals surface area contributed by atoms with E-state index in [0.29, 0.717) is 30.2 Å². The Bertz CT molecular complexity index is 433. The molecule has 4 N–H and O–H groups in total. The van der Waals surface area contributed by atoms with Crippen LogP contribution in [0.25, 0.3) is 0 Å². The highest BCUT2D eigenvalue weighted by Crippen LogP contribution is 2.23. The van der Waals surface area contributed by atoms with Crippen LogP contribution < -0.4 is 15.8 Å². The molecule has 0 aliphatic carbocycles. The average Bonchev–Trinajstić information content (AvgIpc) is 2.37. The smallest absolute Gasteiger partial charge is 0.179 e. The summed E-state index contributed by atoms with van der Waals surface area (Å²) in [6, 6.07) is 4.65. The lowest BCUT2D eigenvalue weighted by atomic mass is 10.0. The minimum Gasteiger partial charge on any atom is -0.492 e. The van der Waals surface area contributed by atoms with E-state index in [2.05, 4.69) is 5.32 Å². The predicted octanol–water partition coefficient (Wildman–Crippen LogP) is 1.21. The molecule has 106 valence electrons. The third kappa shape index (κ3) is 4.54. The van der Waals surface area contributed by atoms with Crippen molar-refractivity contribution in [2.24, 2.45) is 0 Å². The molecular weight excluding hydrogens is 244 g/mol. The molecule has 19 heavy (non-hydrogen) atoms. The lowest BCUT2D eigenvalue weighted by Gasteiger charge is -2.15. The van der Waals surface area contributed by atoms with Crippen molar-refractivity contribution in [1.82, 2.24) is 5.32 Å². The third-order valence-electron chi connectivity index (χ3n) is 2.71. The van der Waals surface area contributed by atoms with Gasteiger partial charge in [0, 0.05) is 12.1 Å². The van der Waals surface area contributed by atoms with Crippen LogP contribution in [0.2, 0.25) is 0 Å². The van der Waals surface area contributed by atoms with Crippen LogP contribution in [0.3, 0.4) is 0 Å². The number of anilines is 1. The van der Waals surface area contributed by atoms with Crippen LogP contribution in [0.4, 0.5) is 5.69 Å². The Morgan fingerprint density at radius 1 is 1.47 bits per heavy atom. The van der Waals surface area contributed by atoms with Gasteiger partial charge < -0.3 is 20.9 Å². The fraction of sp³-hybridized carbons (Fsp3) is 0.500. The number of benzene rings is 1. The highest BCUT2D eigenvalue weighted by Gasteiger charge is 2.16. The number of nitrogens with one attached hydrogen (secondary N) is 1. The largest absolute Gasteiger partial charge is 0.492 e. The Kier molecular flexibility index (Phi) is 5.79. The van der Waals surface area contributed by atoms with Crippen LogP contribution in [0.15, 0.2) is 18.2 Å². The predicted molar refractivity (Wildman–Crippen MR) is 75.5 cm³/mol. The molecule has 0 saturated heterocycles. The molecule has 0 heterocycles. The fourth-order valence-electron chi connectivity index (χ4n) is 1.68. The second-order valence-electron chi connectivity index (χ2n) is 4.53. The molecule has 0 aliphatic rings. The topological polar surface area (TPSA) is 84.6 Å². The molecule has 0 saturated carbocycles. The van der Waals surface area contributed by atoms with Crippen molar-refractivity contribution in [2.75, 3.05) is 18.9 Å². The van der Waals surface area contributed by atoms with Gasteiger partial charge in [-0.25, -0.2) is 0 Å². The summed E-state index contributed by atoms with van der Waals surface area (Å²) < 4.78 is 5.33. The first-order chi connectivity index (χ1) is 8.95. The quantitative estimate of drug-likeness (QED) is 0.510. The molecule has 1 aromatic carbocycles. The van der Waals surface area contributed by atoms with E-state index in [1.807, 2.05) is 6.92 Å². The molecule has 2 atom stereocenters. The number of ketones is 1. The summed E-state index contributed by atoms with van der Waals surface area (Å²) in [6.45, 7) is 6.21. The maximum absolute atomic E-state index is 12.1. The fourth-order valence-corrected chi connectivity index (χ4v) is 1.68. The van der Waals surface area contributed by atoms with Gasteiger partial charge in [-0.15, -0.1) is 0 Å². The van der Waals surface area contributed by atoms with E-state index in [9.17, 15) is 9.90 Å². The maximum Gasteiger partial charge on any atom is 0.179 e. The van der Waals surface area contributed by atoms with Gasteiger partial charge in [0.15, 0.2) is 5.78 Å². The molecule has 0 bridgehead atoms. The summed E-state index contributed by atoms with van der Waals surface area (Å²) in [6.07, 6.45) is -0.486. The summed E-state index contributed by atoms with van der Waals surface area (Å²) in [5.74, 6) is 0.527. The van der Waals surface area contributed by atoms with Gasteiger partial charge in [0.05, 0.1) is 24.4 Å². The first-order valence-corrected chi connectivity index (χ1v) is 6.43. The number of hydrogen-bond acceptors (Lipinski definition) is 5. The Morgan fingerprint density at radius 2 is 2.16 bits per heavy atom. The second-order valence-corrected chi connectivity index (χ2v) is 4.53. The number of nitrogens with two attached hydrogens (primary N) is 1. The van der Waals surface area contributed by atoms with Gasteiger partial charge in [-0.3, -0.25) is 4.79 Å². The molecule has 1 rings (SSSR count). The van der Waals surface area contributed by atoms with Gasteiger partial charge in [0.1, 0.15) is 5.75 Å². The minimum absolute atomic E-state index is 0.0598. The van der Waals surface area contributed by atoms with E-state index in [0.717, 1.165) is 0 Å². The zero-order chi connectivity index (χ0) is 14.4. The highest BCUT2D eigenvalue weighted by molar-refractivity contribution is 6.00. The number of carbonyl (C=O) groups excluding carboxylic acids is 1. The van der Waals surface area contributed by atoms with E-state index in [-0.39, 0.29) is 11.8 Å². The molecule has 0 fully saturated rings. The van der Waals surface area contributed by atoms with E-state index < -0.39 is 6.10 Å². The number of hydrogen-bond donors (Lipinski definition) is 3. The van der Waals surface area contributed by atoms with Crippen molar-refractivity contribution < 1.29 is 14.6 Å². The van der Waals surface area contributed by atoms with Gasteiger partial charge >= 0.3 is 0 Å². The number of aliphatic hydroxyl groups excluding tert-OH is 1. The van der Waals surface area contributed by atoms with Crippen molar-refractivity contribution in [2.45, 2.75) is 32.9 Å². The summed E-state index contributed by atoms with van der Waals surface area (Å²) >= 11 is 0. The first kappa shape index (κ1) is 15.5. The number of Topliss-reactive ketones (excluding diaryl/α,β-unsaturated/α-hetero) is 1. The molecule has 5 heteroatoms. The number of nitrogen functional groups attached to an aromatic ring is 1. The first-order valence-electron chi connectivity index (χ1n) is 6.43. The van der Waals surface area contributed by atoms with Crippen molar-refractivity contribution in [1.29, 1.82) is 0 Å². The SMILES string of the molecule is CCOc1ccc(C(=O)C(C)NCC(C)O)cc1N. The lowest BCUT2D eigenvalue weighted by molar-refractivity contribution is 0.0941. The minimum atomic E-state index is -0.486. The Balaban J connectivity index is 2.74. The average molecular weight is 266 g/mol. The maximum atomic E-state index is 12.1. The summed E-state index contributed by atoms with van der Waals surface area (Å²) in [5.41, 5.74) is 6.82. The monoisotopic (exact) mass is 266 g/mol. The number of rotatable bonds is 7. The van der Waals surface area contributed by atoms with E-state index in [1.165, 1.54) is 0 Å². The second kappa shape index (κ2) is 7.11. The molecule has 0 amide bonds. The molecule has 1 aromatic rings. The van der Waals surface area contributed by atoms with E-state index in [1.54, 1.807) is 32.0 Å². The number of aliphatic hydroxyl groups is 1. The summed E-state index contributed by atoms with van der Waals surface area (Å²) in [5, 5.41) is 12.2. The standard InChI is InChI=1S/C14H22N2O3/c1-4-19-13-6-5-11(7-12(13)15)14(18)10(3)16-8-9(2)17/h5-7,9-10,16-17H,4,8,15H2,1-3H3. The Labute approximate surface area is 113 Å². The van der Waals surface area contributed by atoms with Gasteiger partial charge in [0.25, 0.3) is 0 Å². The van der Waals surface area contributed by atoms with Gasteiger partial charge in [-0.05, 0) is 39.0 Å². The summed E-state index contributed by atoms with van der Waals surface area (Å²) in [4.78, 5) is 12.1. The number of ether oxygens (including phenoxy) is 1. The molecular formula is C14H22N2O3. The zero-order valence-corrected chi connectivity index (χ0v) is 11.6.